The summed E-state index contributed by atoms with van der Waals surface area (Å²) in [5, 5.41) is 0.597. The first-order valence-electron chi connectivity index (χ1n) is 6.14. The Kier molecular flexibility index (Phi) is 6.27. The van der Waals surface area contributed by atoms with E-state index < -0.39 is 5.38 Å². The van der Waals surface area contributed by atoms with Gasteiger partial charge in [0.25, 0.3) is 0 Å². The second-order valence-corrected chi connectivity index (χ2v) is 7.29. The normalized spacial score (nSPS) is 12.3. The van der Waals surface area contributed by atoms with Gasteiger partial charge in [-0.15, -0.1) is 11.6 Å². The molecule has 0 saturated carbocycles. The molecule has 0 amide bonds. The maximum Gasteiger partial charge on any atom is 0.139 e. The molecule has 0 heterocycles. The van der Waals surface area contributed by atoms with E-state index in [-0.39, 0.29) is 0 Å². The minimum absolute atomic E-state index is 0.419. The zero-order chi connectivity index (χ0) is 15.6. The zero-order valence-corrected chi connectivity index (χ0v) is 16.4. The second-order valence-electron chi connectivity index (χ2n) is 4.27. The molecule has 2 aromatic rings. The van der Waals surface area contributed by atoms with Crippen molar-refractivity contribution < 1.29 is 4.74 Å². The van der Waals surface area contributed by atoms with Gasteiger partial charge in [-0.3, -0.25) is 0 Å². The van der Waals surface area contributed by atoms with E-state index >= 15 is 0 Å². The van der Waals surface area contributed by atoms with Crippen LogP contribution in [0.15, 0.2) is 39.3 Å². The number of benzene rings is 2. The highest BCUT2D eigenvalue weighted by Crippen LogP contribution is 2.41. The van der Waals surface area contributed by atoms with E-state index in [1.165, 1.54) is 0 Å². The first-order chi connectivity index (χ1) is 9.93. The third-order valence-corrected chi connectivity index (χ3v) is 5.16. The Labute approximate surface area is 155 Å². The van der Waals surface area contributed by atoms with Crippen LogP contribution in [0.1, 0.15) is 23.4 Å². The van der Waals surface area contributed by atoms with Crippen molar-refractivity contribution in [1.82, 2.24) is 0 Å². The van der Waals surface area contributed by atoms with E-state index in [2.05, 4.69) is 31.9 Å². The number of alkyl halides is 1. The molecule has 112 valence electrons. The molecule has 0 aliphatic carbocycles. The largest absolute Gasteiger partial charge is 0.492 e. The van der Waals surface area contributed by atoms with Crippen molar-refractivity contribution in [1.29, 1.82) is 0 Å². The molecule has 1 nitrogen and oxygen atoms in total. The average Bonchev–Trinajstić information content (AvgIpc) is 2.44. The van der Waals surface area contributed by atoms with Gasteiger partial charge in [0.15, 0.2) is 0 Å². The number of hydrogen-bond donors (Lipinski definition) is 0. The van der Waals surface area contributed by atoms with E-state index in [1.54, 1.807) is 12.1 Å². The van der Waals surface area contributed by atoms with E-state index in [0.717, 1.165) is 20.1 Å². The van der Waals surface area contributed by atoms with Crippen LogP contribution in [0.4, 0.5) is 0 Å². The van der Waals surface area contributed by atoms with E-state index in [1.807, 2.05) is 25.1 Å². The number of ether oxygens (including phenoxy) is 1. The fraction of sp³-hybridized carbons (Fsp3) is 0.200. The Bertz CT molecular complexity index is 662. The third-order valence-electron chi connectivity index (χ3n) is 2.86. The third kappa shape index (κ3) is 4.08. The highest BCUT2D eigenvalue weighted by Gasteiger charge is 2.19. The zero-order valence-electron chi connectivity index (χ0n) is 11.0. The van der Waals surface area contributed by atoms with Gasteiger partial charge in [0, 0.05) is 20.0 Å². The van der Waals surface area contributed by atoms with Gasteiger partial charge >= 0.3 is 0 Å². The standard InChI is InChI=1S/C15H11Br2Cl3O/c1-2-21-14-7-12(18)10(6-13(14)19)15(20)9-5-8(16)3-4-11(9)17/h3-7,15H,2H2,1H3. The quantitative estimate of drug-likeness (QED) is 0.425. The average molecular weight is 473 g/mol. The Morgan fingerprint density at radius 2 is 1.76 bits per heavy atom. The van der Waals surface area contributed by atoms with Gasteiger partial charge in [0.05, 0.1) is 17.0 Å². The van der Waals surface area contributed by atoms with E-state index in [0.29, 0.717) is 22.4 Å². The topological polar surface area (TPSA) is 9.23 Å². The summed E-state index contributed by atoms with van der Waals surface area (Å²) >= 11 is 26.1. The highest BCUT2D eigenvalue weighted by molar-refractivity contribution is 9.11. The monoisotopic (exact) mass is 470 g/mol. The lowest BCUT2D eigenvalue weighted by Gasteiger charge is -2.16. The Morgan fingerprint density at radius 3 is 2.43 bits per heavy atom. The molecule has 0 radical (unpaired) electrons. The summed E-state index contributed by atoms with van der Waals surface area (Å²) in [6.07, 6.45) is 0. The molecule has 0 fully saturated rings. The molecular formula is C15H11Br2Cl3O. The Morgan fingerprint density at radius 1 is 1.05 bits per heavy atom. The summed E-state index contributed by atoms with van der Waals surface area (Å²) in [5.41, 5.74) is 1.65. The second kappa shape index (κ2) is 7.56. The molecule has 0 bridgehead atoms. The van der Waals surface area contributed by atoms with Gasteiger partial charge in [-0.2, -0.15) is 0 Å². The smallest absolute Gasteiger partial charge is 0.139 e. The van der Waals surface area contributed by atoms with E-state index in [9.17, 15) is 0 Å². The molecule has 0 saturated heterocycles. The maximum absolute atomic E-state index is 6.58. The van der Waals surface area contributed by atoms with Gasteiger partial charge in [0.1, 0.15) is 5.75 Å². The molecule has 0 aromatic heterocycles. The van der Waals surface area contributed by atoms with Gasteiger partial charge in [-0.1, -0.05) is 55.1 Å². The lowest BCUT2D eigenvalue weighted by atomic mass is 10.0. The van der Waals surface area contributed by atoms with Crippen LogP contribution in [0.5, 0.6) is 5.75 Å². The summed E-state index contributed by atoms with van der Waals surface area (Å²) in [5.74, 6) is 0.560. The molecule has 21 heavy (non-hydrogen) atoms. The molecule has 0 aliphatic rings. The van der Waals surface area contributed by atoms with Crippen LogP contribution in [0.3, 0.4) is 0 Å². The van der Waals surface area contributed by atoms with Gasteiger partial charge in [-0.05, 0) is 42.3 Å². The van der Waals surface area contributed by atoms with Crippen molar-refractivity contribution in [2.45, 2.75) is 12.3 Å². The van der Waals surface area contributed by atoms with Crippen LogP contribution in [0, 0.1) is 0 Å². The molecule has 0 spiro atoms. The van der Waals surface area contributed by atoms with Crippen LogP contribution in [0.25, 0.3) is 0 Å². The van der Waals surface area contributed by atoms with Crippen molar-refractivity contribution in [3.63, 3.8) is 0 Å². The van der Waals surface area contributed by atoms with Crippen molar-refractivity contribution in [2.75, 3.05) is 6.61 Å². The van der Waals surface area contributed by atoms with Crippen LogP contribution >= 0.6 is 66.7 Å². The number of rotatable bonds is 4. The summed E-state index contributed by atoms with van der Waals surface area (Å²) in [6, 6.07) is 9.26. The minimum Gasteiger partial charge on any atom is -0.492 e. The summed E-state index contributed by atoms with van der Waals surface area (Å²) < 4.78 is 7.28. The predicted molar refractivity (Wildman–Crippen MR) is 97.2 cm³/mol. The molecule has 1 unspecified atom stereocenters. The fourth-order valence-corrected chi connectivity index (χ4v) is 3.77. The molecule has 1 atom stereocenters. The minimum atomic E-state index is -0.419. The first-order valence-corrected chi connectivity index (χ1v) is 8.92. The molecule has 2 rings (SSSR count). The summed E-state index contributed by atoms with van der Waals surface area (Å²) in [6.45, 7) is 2.41. The molecule has 6 heteroatoms. The van der Waals surface area contributed by atoms with Crippen molar-refractivity contribution in [2.24, 2.45) is 0 Å². The molecule has 0 N–H and O–H groups in total. The SMILES string of the molecule is CCOc1cc(Cl)c(C(Cl)c2cc(Br)ccc2Br)cc1Cl. The predicted octanol–water partition coefficient (Wildman–Crippen LogP) is 7.25. The molecule has 0 aliphatic heterocycles. The van der Waals surface area contributed by atoms with Crippen LogP contribution < -0.4 is 4.74 Å². The van der Waals surface area contributed by atoms with Gasteiger partial charge in [0.2, 0.25) is 0 Å². The van der Waals surface area contributed by atoms with Gasteiger partial charge in [-0.25, -0.2) is 0 Å². The lowest BCUT2D eigenvalue weighted by Crippen LogP contribution is -1.98. The van der Waals surface area contributed by atoms with Crippen molar-refractivity contribution in [3.05, 3.63) is 60.4 Å². The lowest BCUT2D eigenvalue weighted by molar-refractivity contribution is 0.340. The van der Waals surface area contributed by atoms with Crippen molar-refractivity contribution in [3.8, 4) is 5.75 Å². The van der Waals surface area contributed by atoms with Crippen LogP contribution in [0.2, 0.25) is 10.0 Å². The van der Waals surface area contributed by atoms with E-state index in [4.69, 9.17) is 39.5 Å². The number of hydrogen-bond acceptors (Lipinski definition) is 1. The first kappa shape index (κ1) is 17.4. The summed E-state index contributed by atoms with van der Waals surface area (Å²) in [4.78, 5) is 0. The Hall–Kier alpha value is 0.0700. The molecular weight excluding hydrogens is 462 g/mol. The Balaban J connectivity index is 2.46. The highest BCUT2D eigenvalue weighted by atomic mass is 79.9. The molecule has 2 aromatic carbocycles. The van der Waals surface area contributed by atoms with Gasteiger partial charge < -0.3 is 4.74 Å². The summed E-state index contributed by atoms with van der Waals surface area (Å²) in [7, 11) is 0. The maximum atomic E-state index is 6.58. The fourth-order valence-electron chi connectivity index (χ4n) is 1.88. The van der Waals surface area contributed by atoms with Crippen molar-refractivity contribution >= 4 is 66.7 Å². The van der Waals surface area contributed by atoms with Crippen LogP contribution in [-0.2, 0) is 0 Å². The number of halogens is 5. The van der Waals surface area contributed by atoms with Crippen LogP contribution in [-0.4, -0.2) is 6.61 Å².